The van der Waals surface area contributed by atoms with E-state index in [-0.39, 0.29) is 23.1 Å². The summed E-state index contributed by atoms with van der Waals surface area (Å²) < 4.78 is 33.8. The number of carbonyl (C=O) groups is 1. The number of aryl methyl sites for hydroxylation is 1. The molecule has 2 aromatic carbocycles. The van der Waals surface area contributed by atoms with Gasteiger partial charge in [-0.2, -0.15) is 4.72 Å². The van der Waals surface area contributed by atoms with Gasteiger partial charge in [-0.05, 0) is 37.1 Å². The van der Waals surface area contributed by atoms with E-state index in [0.717, 1.165) is 5.56 Å². The highest BCUT2D eigenvalue weighted by Crippen LogP contribution is 2.15. The topological polar surface area (TPSA) is 126 Å². The lowest BCUT2D eigenvalue weighted by molar-refractivity contribution is -0.137. The van der Waals surface area contributed by atoms with Crippen LogP contribution in [0, 0.1) is 12.3 Å². The van der Waals surface area contributed by atoms with Crippen molar-refractivity contribution in [3.63, 3.8) is 0 Å². The molecule has 0 aromatic heterocycles. The number of sulfonamides is 1. The van der Waals surface area contributed by atoms with Gasteiger partial charge in [-0.15, -0.1) is 0 Å². The van der Waals surface area contributed by atoms with Gasteiger partial charge in [0, 0.05) is 18.7 Å². The number of benzene rings is 2. The minimum Gasteiger partial charge on any atom is -0.384 e. The SMILES string of the molecule is Cc1ccc(S(=O)(=O)NC(Cc2cccc(C(=N)N)c2)C(=O)N2CCOCC2)cc1. The van der Waals surface area contributed by atoms with Crippen molar-refractivity contribution in [2.75, 3.05) is 26.3 Å². The third-order valence-electron chi connectivity index (χ3n) is 4.93. The van der Waals surface area contributed by atoms with E-state index in [1.165, 1.54) is 12.1 Å². The summed E-state index contributed by atoms with van der Waals surface area (Å²) in [6, 6.07) is 12.4. The van der Waals surface area contributed by atoms with Gasteiger partial charge in [0.05, 0.1) is 18.1 Å². The normalized spacial score (nSPS) is 15.6. The lowest BCUT2D eigenvalue weighted by Gasteiger charge is -2.30. The molecule has 0 bridgehead atoms. The number of ether oxygens (including phenoxy) is 1. The summed E-state index contributed by atoms with van der Waals surface area (Å²) in [6.45, 7) is 3.53. The Morgan fingerprint density at radius 2 is 1.87 bits per heavy atom. The molecule has 1 fully saturated rings. The molecular weight excluding hydrogens is 404 g/mol. The average molecular weight is 431 g/mol. The van der Waals surface area contributed by atoms with Crippen LogP contribution in [0.3, 0.4) is 0 Å². The van der Waals surface area contributed by atoms with Crippen molar-refractivity contribution in [1.82, 2.24) is 9.62 Å². The molecule has 0 radical (unpaired) electrons. The molecule has 0 aliphatic carbocycles. The predicted octanol–water partition coefficient (Wildman–Crippen LogP) is 1.03. The minimum atomic E-state index is -3.90. The Morgan fingerprint density at radius 3 is 2.50 bits per heavy atom. The molecule has 0 spiro atoms. The fourth-order valence-electron chi connectivity index (χ4n) is 3.26. The molecule has 2 aromatic rings. The van der Waals surface area contributed by atoms with Crippen LogP contribution in [0.25, 0.3) is 0 Å². The molecule has 160 valence electrons. The van der Waals surface area contributed by atoms with Crippen molar-refractivity contribution in [2.24, 2.45) is 5.73 Å². The van der Waals surface area contributed by atoms with Gasteiger partial charge in [0.15, 0.2) is 0 Å². The van der Waals surface area contributed by atoms with Gasteiger partial charge in [0.1, 0.15) is 11.9 Å². The summed E-state index contributed by atoms with van der Waals surface area (Å²) in [4.78, 5) is 14.9. The molecule has 1 heterocycles. The van der Waals surface area contributed by atoms with E-state index in [4.69, 9.17) is 15.9 Å². The van der Waals surface area contributed by atoms with Crippen LogP contribution in [0.4, 0.5) is 0 Å². The number of hydrogen-bond donors (Lipinski definition) is 3. The van der Waals surface area contributed by atoms with E-state index < -0.39 is 16.1 Å². The summed E-state index contributed by atoms with van der Waals surface area (Å²) in [5.41, 5.74) is 7.73. The highest BCUT2D eigenvalue weighted by atomic mass is 32.2. The van der Waals surface area contributed by atoms with Gasteiger partial charge in [-0.3, -0.25) is 10.2 Å². The van der Waals surface area contributed by atoms with Crippen molar-refractivity contribution in [2.45, 2.75) is 24.3 Å². The molecular formula is C21H26N4O4S. The Balaban J connectivity index is 1.88. The van der Waals surface area contributed by atoms with Gasteiger partial charge >= 0.3 is 0 Å². The number of amidine groups is 1. The number of nitrogens with one attached hydrogen (secondary N) is 2. The Kier molecular flexibility index (Phi) is 6.86. The first-order chi connectivity index (χ1) is 14.3. The lowest BCUT2D eigenvalue weighted by atomic mass is 10.0. The van der Waals surface area contributed by atoms with Crippen LogP contribution in [0.2, 0.25) is 0 Å². The van der Waals surface area contributed by atoms with Crippen molar-refractivity contribution in [3.8, 4) is 0 Å². The molecule has 1 aliphatic rings. The van der Waals surface area contributed by atoms with Gasteiger partial charge in [-0.25, -0.2) is 8.42 Å². The Morgan fingerprint density at radius 1 is 1.20 bits per heavy atom. The highest BCUT2D eigenvalue weighted by Gasteiger charge is 2.30. The van der Waals surface area contributed by atoms with E-state index in [1.807, 2.05) is 6.92 Å². The maximum Gasteiger partial charge on any atom is 0.241 e. The number of nitrogen functional groups attached to an aromatic ring is 1. The molecule has 3 rings (SSSR count). The molecule has 30 heavy (non-hydrogen) atoms. The van der Waals surface area contributed by atoms with Crippen LogP contribution in [-0.4, -0.2) is 57.4 Å². The monoisotopic (exact) mass is 430 g/mol. The number of nitrogens with two attached hydrogens (primary N) is 1. The number of morpholine rings is 1. The molecule has 9 heteroatoms. The number of carbonyl (C=O) groups excluding carboxylic acids is 1. The fourth-order valence-corrected chi connectivity index (χ4v) is 4.45. The maximum atomic E-state index is 13.2. The summed E-state index contributed by atoms with van der Waals surface area (Å²) in [5.74, 6) is -0.393. The first-order valence-corrected chi connectivity index (χ1v) is 11.1. The van der Waals surface area contributed by atoms with Crippen LogP contribution in [-0.2, 0) is 26.0 Å². The third-order valence-corrected chi connectivity index (χ3v) is 6.41. The second kappa shape index (κ2) is 9.38. The quantitative estimate of drug-likeness (QED) is 0.447. The molecule has 1 unspecified atom stereocenters. The van der Waals surface area contributed by atoms with Crippen LogP contribution in [0.15, 0.2) is 53.4 Å². The Bertz CT molecular complexity index is 1020. The summed E-state index contributed by atoms with van der Waals surface area (Å²) in [6.07, 6.45) is 0.141. The molecule has 1 amide bonds. The van der Waals surface area contributed by atoms with Gasteiger partial charge < -0.3 is 15.4 Å². The zero-order valence-corrected chi connectivity index (χ0v) is 17.6. The fraction of sp³-hybridized carbons (Fsp3) is 0.333. The van der Waals surface area contributed by atoms with Crippen molar-refractivity contribution in [1.29, 1.82) is 5.41 Å². The zero-order chi connectivity index (χ0) is 21.7. The zero-order valence-electron chi connectivity index (χ0n) is 16.8. The smallest absolute Gasteiger partial charge is 0.241 e. The molecule has 1 atom stereocenters. The summed E-state index contributed by atoms with van der Waals surface area (Å²) >= 11 is 0. The van der Waals surface area contributed by atoms with Crippen LogP contribution in [0.5, 0.6) is 0 Å². The first-order valence-electron chi connectivity index (χ1n) is 9.65. The number of amides is 1. The predicted molar refractivity (Wildman–Crippen MR) is 114 cm³/mol. The number of rotatable bonds is 7. The Labute approximate surface area is 176 Å². The molecule has 0 saturated carbocycles. The molecule has 1 saturated heterocycles. The molecule has 8 nitrogen and oxygen atoms in total. The van der Waals surface area contributed by atoms with Gasteiger partial charge in [-0.1, -0.05) is 35.9 Å². The van der Waals surface area contributed by atoms with E-state index in [2.05, 4.69) is 4.72 Å². The molecule has 4 N–H and O–H groups in total. The number of hydrogen-bond acceptors (Lipinski definition) is 5. The Hall–Kier alpha value is -2.75. The summed E-state index contributed by atoms with van der Waals surface area (Å²) in [5, 5.41) is 7.61. The average Bonchev–Trinajstić information content (AvgIpc) is 2.73. The second-order valence-corrected chi connectivity index (χ2v) is 8.96. The van der Waals surface area contributed by atoms with E-state index in [9.17, 15) is 13.2 Å². The maximum absolute atomic E-state index is 13.2. The van der Waals surface area contributed by atoms with Crippen molar-refractivity contribution >= 4 is 21.8 Å². The van der Waals surface area contributed by atoms with Crippen LogP contribution < -0.4 is 10.5 Å². The standard InChI is InChI=1S/C21H26N4O4S/c1-15-5-7-18(8-6-15)30(27,28)24-19(21(26)25-9-11-29-12-10-25)14-16-3-2-4-17(13-16)20(22)23/h2-8,13,19,24H,9-12,14H2,1H3,(H3,22,23). The van der Waals surface area contributed by atoms with Crippen LogP contribution in [0.1, 0.15) is 16.7 Å². The van der Waals surface area contributed by atoms with Gasteiger partial charge in [0.2, 0.25) is 15.9 Å². The minimum absolute atomic E-state index is 0.0897. The summed E-state index contributed by atoms with van der Waals surface area (Å²) in [7, 11) is -3.90. The molecule has 1 aliphatic heterocycles. The highest BCUT2D eigenvalue weighted by molar-refractivity contribution is 7.89. The first kappa shape index (κ1) is 21.9. The van der Waals surface area contributed by atoms with E-state index in [1.54, 1.807) is 41.3 Å². The third kappa shape index (κ3) is 5.44. The van der Waals surface area contributed by atoms with E-state index >= 15 is 0 Å². The van der Waals surface area contributed by atoms with Crippen molar-refractivity contribution < 1.29 is 17.9 Å². The second-order valence-electron chi connectivity index (χ2n) is 7.24. The van der Waals surface area contributed by atoms with Crippen LogP contribution >= 0.6 is 0 Å². The largest absolute Gasteiger partial charge is 0.384 e. The lowest BCUT2D eigenvalue weighted by Crippen LogP contribution is -2.52. The van der Waals surface area contributed by atoms with Crippen molar-refractivity contribution in [3.05, 3.63) is 65.2 Å². The number of nitrogens with zero attached hydrogens (tertiary/aromatic N) is 1. The van der Waals surface area contributed by atoms with Gasteiger partial charge in [0.25, 0.3) is 0 Å². The van der Waals surface area contributed by atoms with E-state index in [0.29, 0.717) is 37.4 Å².